The van der Waals surface area contributed by atoms with Crippen LogP contribution in [0.1, 0.15) is 6.42 Å². The molecule has 5 heteroatoms. The van der Waals surface area contributed by atoms with Gasteiger partial charge in [-0.2, -0.15) is 17.7 Å². The van der Waals surface area contributed by atoms with Crippen molar-refractivity contribution in [2.75, 3.05) is 11.4 Å². The molecule has 4 nitrogen and oxygen atoms in total. The normalized spacial score (nSPS) is 19.5. The van der Waals surface area contributed by atoms with Crippen molar-refractivity contribution in [2.45, 2.75) is 11.7 Å². The van der Waals surface area contributed by atoms with Crippen molar-refractivity contribution in [1.29, 1.82) is 0 Å². The van der Waals surface area contributed by atoms with Gasteiger partial charge in [-0.1, -0.05) is 12.1 Å². The summed E-state index contributed by atoms with van der Waals surface area (Å²) < 4.78 is 0. The molecule has 0 spiro atoms. The summed E-state index contributed by atoms with van der Waals surface area (Å²) in [6.45, 7) is 0.675. The van der Waals surface area contributed by atoms with Gasteiger partial charge < -0.3 is 4.90 Å². The summed E-state index contributed by atoms with van der Waals surface area (Å²) in [4.78, 5) is 13.6. The molecule has 92 valence electrons. The molecule has 0 bridgehead atoms. The average Bonchev–Trinajstić information content (AvgIpc) is 2.99. The minimum atomic E-state index is 0.133. The molecule has 1 aliphatic rings. The Morgan fingerprint density at radius 1 is 1.39 bits per heavy atom. The van der Waals surface area contributed by atoms with Crippen molar-refractivity contribution in [3.63, 3.8) is 0 Å². The summed E-state index contributed by atoms with van der Waals surface area (Å²) in [6, 6.07) is 9.80. The van der Waals surface area contributed by atoms with Crippen LogP contribution in [-0.2, 0) is 4.79 Å². The Labute approximate surface area is 110 Å². The largest absolute Gasteiger partial charge is 0.311 e. The number of thiol groups is 1. The third-order valence-corrected chi connectivity index (χ3v) is 3.42. The lowest BCUT2D eigenvalue weighted by Crippen LogP contribution is -2.24. The highest BCUT2D eigenvalue weighted by Gasteiger charge is 2.28. The number of aromatic nitrogens is 2. The van der Waals surface area contributed by atoms with Crippen LogP contribution in [-0.4, -0.2) is 27.9 Å². The van der Waals surface area contributed by atoms with Gasteiger partial charge in [-0.05, 0) is 18.2 Å². The lowest BCUT2D eigenvalue weighted by atomic mass is 10.1. The zero-order valence-electron chi connectivity index (χ0n) is 9.71. The first-order valence-corrected chi connectivity index (χ1v) is 6.34. The smallest absolute Gasteiger partial charge is 0.228 e. The first kappa shape index (κ1) is 11.3. The summed E-state index contributed by atoms with van der Waals surface area (Å²) in [5, 5.41) is 6.99. The van der Waals surface area contributed by atoms with Crippen molar-refractivity contribution >= 4 is 24.2 Å². The van der Waals surface area contributed by atoms with Gasteiger partial charge in [0.15, 0.2) is 0 Å². The maximum Gasteiger partial charge on any atom is 0.228 e. The van der Waals surface area contributed by atoms with Crippen LogP contribution < -0.4 is 4.90 Å². The minimum absolute atomic E-state index is 0.133. The molecule has 1 fully saturated rings. The second-order valence-corrected chi connectivity index (χ2v) is 5.11. The number of aromatic amines is 1. The van der Waals surface area contributed by atoms with Crippen molar-refractivity contribution in [2.24, 2.45) is 0 Å². The maximum absolute atomic E-state index is 11.8. The van der Waals surface area contributed by atoms with Gasteiger partial charge in [0, 0.05) is 35.7 Å². The first-order valence-electron chi connectivity index (χ1n) is 5.82. The Bertz CT molecular complexity index is 567. The number of carbonyl (C=O) groups is 1. The molecule has 1 aromatic carbocycles. The number of hydrogen-bond donors (Lipinski definition) is 2. The minimum Gasteiger partial charge on any atom is -0.311 e. The van der Waals surface area contributed by atoms with E-state index in [1.165, 1.54) is 0 Å². The van der Waals surface area contributed by atoms with E-state index in [1.54, 1.807) is 11.1 Å². The van der Waals surface area contributed by atoms with Crippen LogP contribution in [0.5, 0.6) is 0 Å². The van der Waals surface area contributed by atoms with Crippen LogP contribution in [0.4, 0.5) is 5.69 Å². The van der Waals surface area contributed by atoms with Gasteiger partial charge in [0.05, 0.1) is 5.69 Å². The zero-order chi connectivity index (χ0) is 12.5. The van der Waals surface area contributed by atoms with Gasteiger partial charge >= 0.3 is 0 Å². The van der Waals surface area contributed by atoms with Crippen molar-refractivity contribution < 1.29 is 4.79 Å². The number of benzene rings is 1. The predicted octanol–water partition coefficient (Wildman–Crippen LogP) is 2.11. The lowest BCUT2D eigenvalue weighted by Gasteiger charge is -2.16. The quantitative estimate of drug-likeness (QED) is 0.812. The van der Waals surface area contributed by atoms with E-state index in [2.05, 4.69) is 22.8 Å². The van der Waals surface area contributed by atoms with Crippen LogP contribution in [0, 0.1) is 0 Å². The second kappa shape index (κ2) is 4.49. The van der Waals surface area contributed by atoms with Crippen LogP contribution in [0.2, 0.25) is 0 Å². The molecule has 1 aliphatic heterocycles. The highest BCUT2D eigenvalue weighted by molar-refractivity contribution is 7.81. The topological polar surface area (TPSA) is 49.0 Å². The molecular formula is C13H13N3OS. The number of hydrogen-bond acceptors (Lipinski definition) is 3. The molecule has 1 amide bonds. The average molecular weight is 259 g/mol. The van der Waals surface area contributed by atoms with Crippen LogP contribution in [0.15, 0.2) is 36.5 Å². The predicted molar refractivity (Wildman–Crippen MR) is 73.8 cm³/mol. The Hall–Kier alpha value is -1.75. The molecule has 0 aliphatic carbocycles. The summed E-state index contributed by atoms with van der Waals surface area (Å²) >= 11 is 4.37. The molecule has 1 unspecified atom stereocenters. The molecule has 1 N–H and O–H groups in total. The summed E-state index contributed by atoms with van der Waals surface area (Å²) in [6.07, 6.45) is 2.23. The van der Waals surface area contributed by atoms with E-state index in [-0.39, 0.29) is 11.2 Å². The Balaban J connectivity index is 1.94. The fraction of sp³-hybridized carbons (Fsp3) is 0.231. The SMILES string of the molecule is O=C1CC(S)CN1c1cccc(-c2ccn[nH]2)c1. The molecule has 1 aromatic heterocycles. The molecule has 2 aromatic rings. The van der Waals surface area contributed by atoms with E-state index in [4.69, 9.17) is 0 Å². The fourth-order valence-electron chi connectivity index (χ4n) is 2.20. The lowest BCUT2D eigenvalue weighted by molar-refractivity contribution is -0.117. The molecule has 0 radical (unpaired) electrons. The number of carbonyl (C=O) groups excluding carboxylic acids is 1. The number of anilines is 1. The summed E-state index contributed by atoms with van der Waals surface area (Å²) in [5.41, 5.74) is 2.90. The number of nitrogens with zero attached hydrogens (tertiary/aromatic N) is 2. The third-order valence-electron chi connectivity index (χ3n) is 3.07. The van der Waals surface area contributed by atoms with Gasteiger partial charge in [-0.25, -0.2) is 0 Å². The van der Waals surface area contributed by atoms with E-state index in [0.717, 1.165) is 16.9 Å². The van der Waals surface area contributed by atoms with Gasteiger partial charge in [-0.3, -0.25) is 9.89 Å². The van der Waals surface area contributed by atoms with Crippen molar-refractivity contribution in [3.8, 4) is 11.3 Å². The van der Waals surface area contributed by atoms with Gasteiger partial charge in [-0.15, -0.1) is 0 Å². The standard InChI is InChI=1S/C13H13N3OS/c17-13-7-11(18)8-16(13)10-3-1-2-9(6-10)12-4-5-14-15-12/h1-6,11,18H,7-8H2,(H,14,15). The highest BCUT2D eigenvalue weighted by Crippen LogP contribution is 2.27. The molecule has 1 saturated heterocycles. The van der Waals surface area contributed by atoms with Gasteiger partial charge in [0.25, 0.3) is 0 Å². The van der Waals surface area contributed by atoms with Crippen LogP contribution >= 0.6 is 12.6 Å². The number of H-pyrrole nitrogens is 1. The monoisotopic (exact) mass is 259 g/mol. The fourth-order valence-corrected chi connectivity index (χ4v) is 2.52. The molecule has 2 heterocycles. The Morgan fingerprint density at radius 3 is 2.94 bits per heavy atom. The number of amides is 1. The van der Waals surface area contributed by atoms with Crippen LogP contribution in [0.25, 0.3) is 11.3 Å². The van der Waals surface area contributed by atoms with E-state index < -0.39 is 0 Å². The van der Waals surface area contributed by atoms with E-state index in [0.29, 0.717) is 13.0 Å². The van der Waals surface area contributed by atoms with Gasteiger partial charge in [0.1, 0.15) is 0 Å². The zero-order valence-corrected chi connectivity index (χ0v) is 10.6. The number of rotatable bonds is 2. The molecule has 18 heavy (non-hydrogen) atoms. The van der Waals surface area contributed by atoms with Crippen molar-refractivity contribution in [1.82, 2.24) is 10.2 Å². The second-order valence-electron chi connectivity index (χ2n) is 4.38. The first-order chi connectivity index (χ1) is 8.74. The third kappa shape index (κ3) is 2.01. The summed E-state index contributed by atoms with van der Waals surface area (Å²) in [5.74, 6) is 0.136. The van der Waals surface area contributed by atoms with Crippen LogP contribution in [0.3, 0.4) is 0 Å². The van der Waals surface area contributed by atoms with Crippen molar-refractivity contribution in [3.05, 3.63) is 36.5 Å². The highest BCUT2D eigenvalue weighted by atomic mass is 32.1. The molecule has 0 saturated carbocycles. The summed E-state index contributed by atoms with van der Waals surface area (Å²) in [7, 11) is 0. The molecule has 1 atom stereocenters. The van der Waals surface area contributed by atoms with E-state index >= 15 is 0 Å². The molecular weight excluding hydrogens is 246 g/mol. The Morgan fingerprint density at radius 2 is 2.28 bits per heavy atom. The van der Waals surface area contributed by atoms with E-state index in [1.807, 2.05) is 30.3 Å². The maximum atomic E-state index is 11.8. The van der Waals surface area contributed by atoms with Gasteiger partial charge in [0.2, 0.25) is 5.91 Å². The van der Waals surface area contributed by atoms with E-state index in [9.17, 15) is 4.79 Å². The Kier molecular flexibility index (Phi) is 2.83. The number of nitrogens with one attached hydrogen (secondary N) is 1. The molecule has 3 rings (SSSR count).